The van der Waals surface area contributed by atoms with Gasteiger partial charge in [0.15, 0.2) is 0 Å². The Bertz CT molecular complexity index is 490. The van der Waals surface area contributed by atoms with Crippen molar-refractivity contribution in [3.8, 4) is 0 Å². The lowest BCUT2D eigenvalue weighted by molar-refractivity contribution is -0.129. The van der Waals surface area contributed by atoms with Crippen molar-refractivity contribution in [1.82, 2.24) is 14.5 Å². The van der Waals surface area contributed by atoms with E-state index >= 15 is 0 Å². The lowest BCUT2D eigenvalue weighted by Crippen LogP contribution is -2.28. The highest BCUT2D eigenvalue weighted by molar-refractivity contribution is 5.76. The molecule has 20 heavy (non-hydrogen) atoms. The SMILES string of the molecule is CCC(=O)N1CC[C@H](Cn2c(C)cnc2C2CCC2)C1. The summed E-state index contributed by atoms with van der Waals surface area (Å²) in [5.74, 6) is 2.86. The molecule has 4 heteroatoms. The lowest BCUT2D eigenvalue weighted by Gasteiger charge is -2.27. The number of aromatic nitrogens is 2. The van der Waals surface area contributed by atoms with Crippen molar-refractivity contribution < 1.29 is 4.79 Å². The third-order valence-electron chi connectivity index (χ3n) is 4.94. The van der Waals surface area contributed by atoms with Crippen LogP contribution in [0.3, 0.4) is 0 Å². The highest BCUT2D eigenvalue weighted by Gasteiger charge is 2.29. The molecule has 0 radical (unpaired) electrons. The molecule has 2 heterocycles. The molecule has 1 saturated carbocycles. The fourth-order valence-corrected chi connectivity index (χ4v) is 3.40. The van der Waals surface area contributed by atoms with Crippen LogP contribution in [0.5, 0.6) is 0 Å². The minimum absolute atomic E-state index is 0.300. The first-order valence-electron chi connectivity index (χ1n) is 7.98. The van der Waals surface area contributed by atoms with Crippen molar-refractivity contribution in [2.45, 2.75) is 58.4 Å². The summed E-state index contributed by atoms with van der Waals surface area (Å²) in [6.07, 6.45) is 7.71. The van der Waals surface area contributed by atoms with Crippen LogP contribution < -0.4 is 0 Å². The van der Waals surface area contributed by atoms with Crippen molar-refractivity contribution in [2.75, 3.05) is 13.1 Å². The van der Waals surface area contributed by atoms with Gasteiger partial charge in [-0.25, -0.2) is 4.98 Å². The van der Waals surface area contributed by atoms with Gasteiger partial charge in [-0.1, -0.05) is 13.3 Å². The van der Waals surface area contributed by atoms with Gasteiger partial charge in [-0.2, -0.15) is 0 Å². The highest BCUT2D eigenvalue weighted by Crippen LogP contribution is 2.36. The van der Waals surface area contributed by atoms with Crippen LogP contribution in [-0.2, 0) is 11.3 Å². The first-order chi connectivity index (χ1) is 9.69. The molecule has 1 aliphatic heterocycles. The minimum atomic E-state index is 0.300. The van der Waals surface area contributed by atoms with E-state index in [4.69, 9.17) is 0 Å². The zero-order chi connectivity index (χ0) is 14.1. The maximum Gasteiger partial charge on any atom is 0.222 e. The molecule has 1 atom stereocenters. The van der Waals surface area contributed by atoms with E-state index < -0.39 is 0 Å². The number of aryl methyl sites for hydroxylation is 1. The molecule has 2 aliphatic rings. The molecule has 2 fully saturated rings. The van der Waals surface area contributed by atoms with E-state index in [2.05, 4.69) is 16.5 Å². The summed E-state index contributed by atoms with van der Waals surface area (Å²) in [6.45, 7) is 6.99. The summed E-state index contributed by atoms with van der Waals surface area (Å²) in [4.78, 5) is 18.4. The Morgan fingerprint density at radius 3 is 2.85 bits per heavy atom. The molecule has 1 aromatic rings. The fraction of sp³-hybridized carbons (Fsp3) is 0.750. The fourth-order valence-electron chi connectivity index (χ4n) is 3.40. The smallest absolute Gasteiger partial charge is 0.222 e. The molecule has 110 valence electrons. The van der Waals surface area contributed by atoms with Crippen LogP contribution in [0.2, 0.25) is 0 Å². The maximum atomic E-state index is 11.8. The molecule has 1 saturated heterocycles. The number of rotatable bonds is 4. The summed E-state index contributed by atoms with van der Waals surface area (Å²) in [6, 6.07) is 0. The van der Waals surface area contributed by atoms with Crippen LogP contribution in [0.15, 0.2) is 6.20 Å². The number of likely N-dealkylation sites (tertiary alicyclic amines) is 1. The van der Waals surface area contributed by atoms with Crippen LogP contribution in [-0.4, -0.2) is 33.4 Å². The first-order valence-corrected chi connectivity index (χ1v) is 7.98. The summed E-state index contributed by atoms with van der Waals surface area (Å²) >= 11 is 0. The Kier molecular flexibility index (Phi) is 3.81. The van der Waals surface area contributed by atoms with Crippen LogP contribution in [0.4, 0.5) is 0 Å². The van der Waals surface area contributed by atoms with Gasteiger partial charge in [0.25, 0.3) is 0 Å². The van der Waals surface area contributed by atoms with Crippen molar-refractivity contribution in [3.63, 3.8) is 0 Å². The zero-order valence-electron chi connectivity index (χ0n) is 12.6. The molecule has 4 nitrogen and oxygen atoms in total. The zero-order valence-corrected chi connectivity index (χ0v) is 12.6. The van der Waals surface area contributed by atoms with E-state index in [-0.39, 0.29) is 0 Å². The third-order valence-corrected chi connectivity index (χ3v) is 4.94. The molecule has 3 rings (SSSR count). The molecule has 0 N–H and O–H groups in total. The van der Waals surface area contributed by atoms with Crippen molar-refractivity contribution >= 4 is 5.91 Å². The third kappa shape index (κ3) is 2.48. The van der Waals surface area contributed by atoms with Crippen molar-refractivity contribution in [2.24, 2.45) is 5.92 Å². The van der Waals surface area contributed by atoms with Crippen molar-refractivity contribution in [3.05, 3.63) is 17.7 Å². The predicted molar refractivity (Wildman–Crippen MR) is 78.5 cm³/mol. The average molecular weight is 275 g/mol. The lowest BCUT2D eigenvalue weighted by atomic mass is 9.84. The molecule has 1 aromatic heterocycles. The van der Waals surface area contributed by atoms with Gasteiger partial charge in [0, 0.05) is 43.9 Å². The first kappa shape index (κ1) is 13.7. The molecule has 1 amide bonds. The number of hydrogen-bond donors (Lipinski definition) is 0. The second-order valence-electron chi connectivity index (χ2n) is 6.34. The summed E-state index contributed by atoms with van der Waals surface area (Å²) < 4.78 is 2.41. The normalized spacial score (nSPS) is 23.1. The molecule has 0 unspecified atom stereocenters. The van der Waals surface area contributed by atoms with Crippen LogP contribution in [0, 0.1) is 12.8 Å². The van der Waals surface area contributed by atoms with E-state index in [1.165, 1.54) is 30.8 Å². The topological polar surface area (TPSA) is 38.1 Å². The summed E-state index contributed by atoms with van der Waals surface area (Å²) in [5, 5.41) is 0. The standard InChI is InChI=1S/C16H25N3O/c1-3-15(20)18-8-7-13(10-18)11-19-12(2)9-17-16(19)14-5-4-6-14/h9,13-14H,3-8,10-11H2,1-2H3/t13-/m0/s1. The van der Waals surface area contributed by atoms with Gasteiger partial charge in [-0.05, 0) is 32.1 Å². The molecule has 0 aromatic carbocycles. The van der Waals surface area contributed by atoms with Gasteiger partial charge in [-0.15, -0.1) is 0 Å². The number of carbonyl (C=O) groups is 1. The Morgan fingerprint density at radius 2 is 2.20 bits per heavy atom. The van der Waals surface area contributed by atoms with Crippen molar-refractivity contribution in [1.29, 1.82) is 0 Å². The number of nitrogens with zero attached hydrogens (tertiary/aromatic N) is 3. The maximum absolute atomic E-state index is 11.8. The number of amides is 1. The molecule has 0 spiro atoms. The highest BCUT2D eigenvalue weighted by atomic mass is 16.2. The van der Waals surface area contributed by atoms with E-state index in [0.717, 1.165) is 26.1 Å². The van der Waals surface area contributed by atoms with Crippen LogP contribution in [0.1, 0.15) is 56.5 Å². The van der Waals surface area contributed by atoms with E-state index in [0.29, 0.717) is 24.2 Å². The Morgan fingerprint density at radius 1 is 1.40 bits per heavy atom. The number of imidazole rings is 1. The molecular weight excluding hydrogens is 250 g/mol. The van der Waals surface area contributed by atoms with Gasteiger partial charge in [-0.3, -0.25) is 4.79 Å². The summed E-state index contributed by atoms with van der Waals surface area (Å²) in [7, 11) is 0. The van der Waals surface area contributed by atoms with Gasteiger partial charge in [0.2, 0.25) is 5.91 Å². The van der Waals surface area contributed by atoms with E-state index in [1.807, 2.05) is 18.0 Å². The largest absolute Gasteiger partial charge is 0.342 e. The average Bonchev–Trinajstić information content (AvgIpc) is 2.98. The monoisotopic (exact) mass is 275 g/mol. The van der Waals surface area contributed by atoms with Crippen LogP contribution in [0.25, 0.3) is 0 Å². The quantitative estimate of drug-likeness (QED) is 0.847. The predicted octanol–water partition coefficient (Wildman–Crippen LogP) is 2.72. The Balaban J connectivity index is 1.66. The minimum Gasteiger partial charge on any atom is -0.342 e. The molecule has 0 bridgehead atoms. The number of carbonyl (C=O) groups excluding carboxylic acids is 1. The summed E-state index contributed by atoms with van der Waals surface area (Å²) in [5.41, 5.74) is 1.27. The second kappa shape index (κ2) is 5.58. The molecular formula is C16H25N3O. The van der Waals surface area contributed by atoms with Gasteiger partial charge >= 0.3 is 0 Å². The molecule has 1 aliphatic carbocycles. The second-order valence-corrected chi connectivity index (χ2v) is 6.34. The van der Waals surface area contributed by atoms with E-state index in [9.17, 15) is 4.79 Å². The van der Waals surface area contributed by atoms with Gasteiger partial charge in [0.1, 0.15) is 5.82 Å². The van der Waals surface area contributed by atoms with Crippen LogP contribution >= 0.6 is 0 Å². The Hall–Kier alpha value is -1.32. The van der Waals surface area contributed by atoms with Gasteiger partial charge < -0.3 is 9.47 Å². The van der Waals surface area contributed by atoms with Gasteiger partial charge in [0.05, 0.1) is 0 Å². The Labute approximate surface area is 121 Å². The number of hydrogen-bond acceptors (Lipinski definition) is 2. The van der Waals surface area contributed by atoms with E-state index in [1.54, 1.807) is 0 Å².